The van der Waals surface area contributed by atoms with Crippen LogP contribution in [0.25, 0.3) is 0 Å². The monoisotopic (exact) mass is 353 g/mol. The highest BCUT2D eigenvalue weighted by Gasteiger charge is 2.14. The van der Waals surface area contributed by atoms with Gasteiger partial charge in [0.25, 0.3) is 0 Å². The van der Waals surface area contributed by atoms with Crippen molar-refractivity contribution < 1.29 is 14.2 Å². The van der Waals surface area contributed by atoms with Crippen molar-refractivity contribution in [3.05, 3.63) is 57.8 Å². The molecular formula is C16H17BrFNO2. The number of methoxy groups -OCH3 is 1. The largest absolute Gasteiger partial charge is 0.508 e. The normalized spacial score (nSPS) is 12.2. The SMILES string of the molecule is COCc1c(Br)cccc1NC(C)c1ccc(O)cc1F. The number of halogens is 2. The minimum Gasteiger partial charge on any atom is -0.508 e. The van der Waals surface area contributed by atoms with E-state index in [2.05, 4.69) is 21.2 Å². The van der Waals surface area contributed by atoms with Crippen LogP contribution in [0.1, 0.15) is 24.1 Å². The van der Waals surface area contributed by atoms with E-state index in [1.165, 1.54) is 6.07 Å². The van der Waals surface area contributed by atoms with Gasteiger partial charge in [-0.3, -0.25) is 0 Å². The zero-order valence-electron chi connectivity index (χ0n) is 11.9. The van der Waals surface area contributed by atoms with Crippen molar-refractivity contribution in [1.82, 2.24) is 0 Å². The molecule has 0 bridgehead atoms. The molecule has 0 fully saturated rings. The van der Waals surface area contributed by atoms with Gasteiger partial charge >= 0.3 is 0 Å². The van der Waals surface area contributed by atoms with Crippen LogP contribution in [-0.2, 0) is 11.3 Å². The molecule has 0 aromatic heterocycles. The van der Waals surface area contributed by atoms with E-state index >= 15 is 0 Å². The van der Waals surface area contributed by atoms with Crippen LogP contribution >= 0.6 is 15.9 Å². The summed E-state index contributed by atoms with van der Waals surface area (Å²) >= 11 is 3.49. The Hall–Kier alpha value is -1.59. The van der Waals surface area contributed by atoms with Gasteiger partial charge < -0.3 is 15.2 Å². The molecule has 21 heavy (non-hydrogen) atoms. The summed E-state index contributed by atoms with van der Waals surface area (Å²) in [6.45, 7) is 2.32. The summed E-state index contributed by atoms with van der Waals surface area (Å²) in [6.07, 6.45) is 0. The minimum atomic E-state index is -0.432. The molecule has 3 nitrogen and oxygen atoms in total. The van der Waals surface area contributed by atoms with Crippen molar-refractivity contribution in [1.29, 1.82) is 0 Å². The van der Waals surface area contributed by atoms with Gasteiger partial charge in [0.2, 0.25) is 0 Å². The van der Waals surface area contributed by atoms with Gasteiger partial charge in [-0.05, 0) is 25.1 Å². The molecule has 2 N–H and O–H groups in total. The van der Waals surface area contributed by atoms with Gasteiger partial charge in [0, 0.05) is 34.5 Å². The average Bonchev–Trinajstić information content (AvgIpc) is 2.42. The number of nitrogens with one attached hydrogen (secondary N) is 1. The molecule has 0 saturated carbocycles. The summed E-state index contributed by atoms with van der Waals surface area (Å²) < 4.78 is 20.0. The van der Waals surface area contributed by atoms with E-state index in [0.29, 0.717) is 12.2 Å². The van der Waals surface area contributed by atoms with Gasteiger partial charge in [0.15, 0.2) is 0 Å². The summed E-state index contributed by atoms with van der Waals surface area (Å²) in [4.78, 5) is 0. The molecule has 0 radical (unpaired) electrons. The maximum Gasteiger partial charge on any atom is 0.132 e. The van der Waals surface area contributed by atoms with Gasteiger partial charge in [-0.15, -0.1) is 0 Å². The minimum absolute atomic E-state index is 0.0778. The van der Waals surface area contributed by atoms with E-state index in [9.17, 15) is 9.50 Å². The topological polar surface area (TPSA) is 41.5 Å². The number of rotatable bonds is 5. The Balaban J connectivity index is 2.27. The summed E-state index contributed by atoms with van der Waals surface area (Å²) in [5.41, 5.74) is 2.35. The number of phenols is 1. The number of anilines is 1. The lowest BCUT2D eigenvalue weighted by molar-refractivity contribution is 0.185. The number of phenolic OH excluding ortho intramolecular Hbond substituents is 1. The van der Waals surface area contributed by atoms with Crippen molar-refractivity contribution in [3.8, 4) is 5.75 Å². The van der Waals surface area contributed by atoms with E-state index in [-0.39, 0.29) is 11.8 Å². The van der Waals surface area contributed by atoms with Crippen molar-refractivity contribution in [2.45, 2.75) is 19.6 Å². The number of hydrogen-bond donors (Lipinski definition) is 2. The maximum atomic E-state index is 13.9. The lowest BCUT2D eigenvalue weighted by atomic mass is 10.1. The molecule has 2 aromatic rings. The fraction of sp³-hybridized carbons (Fsp3) is 0.250. The zero-order valence-corrected chi connectivity index (χ0v) is 13.4. The third-order valence-electron chi connectivity index (χ3n) is 3.23. The second-order valence-electron chi connectivity index (χ2n) is 4.77. The Morgan fingerprint density at radius 2 is 2.10 bits per heavy atom. The van der Waals surface area contributed by atoms with E-state index in [0.717, 1.165) is 21.8 Å². The summed E-state index contributed by atoms with van der Waals surface area (Å²) in [5, 5.41) is 12.6. The fourth-order valence-electron chi connectivity index (χ4n) is 2.16. The van der Waals surface area contributed by atoms with Crippen molar-refractivity contribution in [3.63, 3.8) is 0 Å². The van der Waals surface area contributed by atoms with Crippen LogP contribution in [0.5, 0.6) is 5.75 Å². The van der Waals surface area contributed by atoms with Gasteiger partial charge in [0.1, 0.15) is 11.6 Å². The Morgan fingerprint density at radius 1 is 1.33 bits per heavy atom. The molecule has 0 saturated heterocycles. The van der Waals surface area contributed by atoms with E-state index in [1.54, 1.807) is 13.2 Å². The van der Waals surface area contributed by atoms with Crippen LogP contribution in [0.3, 0.4) is 0 Å². The standard InChI is InChI=1S/C16H17BrFNO2/c1-10(12-7-6-11(20)8-15(12)18)19-16-5-3-4-14(17)13(16)9-21-2/h3-8,10,19-20H,9H2,1-2H3. The second kappa shape index (κ2) is 6.91. The quantitative estimate of drug-likeness (QED) is 0.824. The smallest absolute Gasteiger partial charge is 0.132 e. The van der Waals surface area contributed by atoms with Gasteiger partial charge in [-0.1, -0.05) is 28.1 Å². The molecule has 1 atom stereocenters. The number of benzene rings is 2. The predicted octanol–water partition coefficient (Wildman–Crippen LogP) is 4.61. The molecule has 0 heterocycles. The lowest BCUT2D eigenvalue weighted by Crippen LogP contribution is -2.10. The molecule has 5 heteroatoms. The van der Waals surface area contributed by atoms with Crippen molar-refractivity contribution in [2.75, 3.05) is 12.4 Å². The number of ether oxygens (including phenoxy) is 1. The molecule has 1 unspecified atom stereocenters. The average molecular weight is 354 g/mol. The Labute approximate surface area is 131 Å². The van der Waals surface area contributed by atoms with E-state index < -0.39 is 5.82 Å². The first kappa shape index (κ1) is 15.8. The van der Waals surface area contributed by atoms with Crippen LogP contribution in [-0.4, -0.2) is 12.2 Å². The first-order valence-corrected chi connectivity index (χ1v) is 7.33. The second-order valence-corrected chi connectivity index (χ2v) is 5.63. The maximum absolute atomic E-state index is 13.9. The Morgan fingerprint density at radius 3 is 2.76 bits per heavy atom. The molecule has 0 amide bonds. The van der Waals surface area contributed by atoms with E-state index in [4.69, 9.17) is 4.74 Å². The van der Waals surface area contributed by atoms with Crippen molar-refractivity contribution >= 4 is 21.6 Å². The molecule has 112 valence electrons. The molecular weight excluding hydrogens is 337 g/mol. The highest BCUT2D eigenvalue weighted by atomic mass is 79.9. The first-order valence-electron chi connectivity index (χ1n) is 6.54. The van der Waals surface area contributed by atoms with Crippen LogP contribution in [0.2, 0.25) is 0 Å². The third kappa shape index (κ3) is 3.74. The fourth-order valence-corrected chi connectivity index (χ4v) is 2.64. The van der Waals surface area contributed by atoms with Gasteiger partial charge in [0.05, 0.1) is 12.6 Å². The van der Waals surface area contributed by atoms with E-state index in [1.807, 2.05) is 25.1 Å². The summed E-state index contributed by atoms with van der Waals surface area (Å²) in [5.74, 6) is -0.510. The molecule has 0 aliphatic rings. The molecule has 0 aliphatic heterocycles. The highest BCUT2D eigenvalue weighted by Crippen LogP contribution is 2.30. The molecule has 2 aromatic carbocycles. The van der Waals surface area contributed by atoms with Crippen molar-refractivity contribution in [2.24, 2.45) is 0 Å². The first-order chi connectivity index (χ1) is 10.0. The van der Waals surface area contributed by atoms with Crippen LogP contribution < -0.4 is 5.32 Å². The van der Waals surface area contributed by atoms with Gasteiger partial charge in [-0.2, -0.15) is 0 Å². The highest BCUT2D eigenvalue weighted by molar-refractivity contribution is 9.10. The van der Waals surface area contributed by atoms with Gasteiger partial charge in [-0.25, -0.2) is 4.39 Å². The van der Waals surface area contributed by atoms with Crippen LogP contribution in [0, 0.1) is 5.82 Å². The Bertz CT molecular complexity index is 634. The summed E-state index contributed by atoms with van der Waals surface area (Å²) in [6, 6.07) is 9.70. The number of hydrogen-bond acceptors (Lipinski definition) is 3. The molecule has 0 spiro atoms. The van der Waals surface area contributed by atoms with Crippen LogP contribution in [0.4, 0.5) is 10.1 Å². The van der Waals surface area contributed by atoms with Crippen LogP contribution in [0.15, 0.2) is 40.9 Å². The lowest BCUT2D eigenvalue weighted by Gasteiger charge is -2.19. The molecule has 2 rings (SSSR count). The predicted molar refractivity (Wildman–Crippen MR) is 85.0 cm³/mol. The summed E-state index contributed by atoms with van der Waals surface area (Å²) in [7, 11) is 1.63. The zero-order chi connectivity index (χ0) is 15.4. The third-order valence-corrected chi connectivity index (χ3v) is 3.97. The molecule has 0 aliphatic carbocycles. The Kier molecular flexibility index (Phi) is 5.20. The number of aromatic hydroxyl groups is 1.